The molecule has 0 amide bonds. The summed E-state index contributed by atoms with van der Waals surface area (Å²) in [6.45, 7) is 0. The third-order valence-corrected chi connectivity index (χ3v) is 9.77. The fourth-order valence-electron chi connectivity index (χ4n) is 7.56. The van der Waals surface area contributed by atoms with Crippen molar-refractivity contribution >= 4 is 65.2 Å². The SMILES string of the molecule is c1ccc2c(c1)ccc1c2[nH]c2cccc(-c3ccc(-c4ccc(-c5cccc6[nH]c7c8ccccc8ccc7c56)cc4)cc3)c21. The number of rotatable bonds is 3. The Morgan fingerprint density at radius 3 is 1.15 bits per heavy atom. The Balaban J connectivity index is 1.02. The summed E-state index contributed by atoms with van der Waals surface area (Å²) in [7, 11) is 0. The number of H-pyrrole nitrogens is 2. The first-order valence-corrected chi connectivity index (χ1v) is 15.9. The van der Waals surface area contributed by atoms with Crippen molar-refractivity contribution in [2.45, 2.75) is 0 Å². The Labute approximate surface area is 265 Å². The van der Waals surface area contributed by atoms with Crippen LogP contribution in [0.5, 0.6) is 0 Å². The molecule has 2 heterocycles. The minimum atomic E-state index is 1.17. The fraction of sp³-hybridized carbons (Fsp3) is 0. The van der Waals surface area contributed by atoms with Gasteiger partial charge in [0, 0.05) is 43.4 Å². The topological polar surface area (TPSA) is 31.6 Å². The van der Waals surface area contributed by atoms with Gasteiger partial charge in [-0.15, -0.1) is 0 Å². The van der Waals surface area contributed by atoms with Gasteiger partial charge < -0.3 is 9.97 Å². The van der Waals surface area contributed by atoms with Crippen LogP contribution in [0.15, 0.2) is 158 Å². The minimum absolute atomic E-state index is 1.17. The smallest absolute Gasteiger partial charge is 0.0544 e. The van der Waals surface area contributed by atoms with Crippen molar-refractivity contribution in [1.29, 1.82) is 0 Å². The van der Waals surface area contributed by atoms with Gasteiger partial charge in [-0.05, 0) is 56.3 Å². The summed E-state index contributed by atoms with van der Waals surface area (Å²) in [6.07, 6.45) is 0. The summed E-state index contributed by atoms with van der Waals surface area (Å²) < 4.78 is 0. The molecule has 0 radical (unpaired) electrons. The van der Waals surface area contributed by atoms with Gasteiger partial charge in [-0.3, -0.25) is 0 Å². The highest BCUT2D eigenvalue weighted by Crippen LogP contribution is 2.40. The second-order valence-corrected chi connectivity index (χ2v) is 12.3. The molecule has 0 fully saturated rings. The molecule has 2 aromatic heterocycles. The third kappa shape index (κ3) is 3.71. The van der Waals surface area contributed by atoms with E-state index in [1.165, 1.54) is 98.5 Å². The summed E-state index contributed by atoms with van der Waals surface area (Å²) in [4.78, 5) is 7.42. The van der Waals surface area contributed by atoms with E-state index in [-0.39, 0.29) is 0 Å². The third-order valence-electron chi connectivity index (χ3n) is 9.77. The van der Waals surface area contributed by atoms with Crippen molar-refractivity contribution in [2.24, 2.45) is 0 Å². The van der Waals surface area contributed by atoms with Crippen LogP contribution in [-0.2, 0) is 0 Å². The zero-order valence-electron chi connectivity index (χ0n) is 25.0. The van der Waals surface area contributed by atoms with Crippen LogP contribution in [0.2, 0.25) is 0 Å². The van der Waals surface area contributed by atoms with Gasteiger partial charge in [-0.2, -0.15) is 0 Å². The molecular formula is C44H28N2. The molecule has 0 aliphatic heterocycles. The van der Waals surface area contributed by atoms with E-state index in [0.717, 1.165) is 0 Å². The molecule has 0 aliphatic rings. The molecule has 0 saturated heterocycles. The van der Waals surface area contributed by atoms with Gasteiger partial charge in [0.15, 0.2) is 0 Å². The average molecular weight is 585 g/mol. The predicted octanol–water partition coefficient (Wildman–Crippen LogP) is 12.3. The zero-order chi connectivity index (χ0) is 30.2. The second-order valence-electron chi connectivity index (χ2n) is 12.3. The van der Waals surface area contributed by atoms with Gasteiger partial charge in [0.1, 0.15) is 0 Å². The van der Waals surface area contributed by atoms with Crippen LogP contribution >= 0.6 is 0 Å². The van der Waals surface area contributed by atoms with Crippen molar-refractivity contribution < 1.29 is 0 Å². The van der Waals surface area contributed by atoms with Crippen LogP contribution in [0.25, 0.3) is 98.5 Å². The average Bonchev–Trinajstić information content (AvgIpc) is 3.71. The molecule has 10 aromatic rings. The van der Waals surface area contributed by atoms with Crippen LogP contribution in [0.3, 0.4) is 0 Å². The molecule has 2 heteroatoms. The van der Waals surface area contributed by atoms with E-state index in [1.807, 2.05) is 0 Å². The molecule has 0 bridgehead atoms. The molecule has 0 unspecified atom stereocenters. The molecule has 10 rings (SSSR count). The van der Waals surface area contributed by atoms with Crippen LogP contribution < -0.4 is 0 Å². The second kappa shape index (κ2) is 9.69. The largest absolute Gasteiger partial charge is 0.354 e. The lowest BCUT2D eigenvalue weighted by atomic mass is 9.94. The highest BCUT2D eigenvalue weighted by atomic mass is 14.7. The molecule has 2 nitrogen and oxygen atoms in total. The molecule has 2 N–H and O–H groups in total. The molecule has 214 valence electrons. The summed E-state index contributed by atoms with van der Waals surface area (Å²) >= 11 is 0. The number of benzene rings is 8. The highest BCUT2D eigenvalue weighted by Gasteiger charge is 2.14. The van der Waals surface area contributed by atoms with Gasteiger partial charge in [0.25, 0.3) is 0 Å². The van der Waals surface area contributed by atoms with Crippen molar-refractivity contribution in [2.75, 3.05) is 0 Å². The number of aromatic nitrogens is 2. The van der Waals surface area contributed by atoms with E-state index in [1.54, 1.807) is 0 Å². The Morgan fingerprint density at radius 2 is 0.696 bits per heavy atom. The Morgan fingerprint density at radius 1 is 0.283 bits per heavy atom. The number of fused-ring (bicyclic) bond motifs is 10. The summed E-state index contributed by atoms with van der Waals surface area (Å²) in [5.41, 5.74) is 12.1. The van der Waals surface area contributed by atoms with Crippen molar-refractivity contribution in [3.8, 4) is 33.4 Å². The summed E-state index contributed by atoms with van der Waals surface area (Å²) in [6, 6.07) is 57.4. The predicted molar refractivity (Wildman–Crippen MR) is 196 cm³/mol. The lowest BCUT2D eigenvalue weighted by Gasteiger charge is -2.09. The van der Waals surface area contributed by atoms with E-state index in [4.69, 9.17) is 0 Å². The first-order valence-electron chi connectivity index (χ1n) is 15.9. The van der Waals surface area contributed by atoms with Crippen LogP contribution in [-0.4, -0.2) is 9.97 Å². The standard InChI is InChI=1S/C44H28N2/c1-3-9-35-29(7-1)23-25-37-41-33(11-5-13-39(41)45-43(35)37)31-19-15-27(16-20-31)28-17-21-32(22-18-28)34-12-6-14-40-42(34)38-26-24-30-8-2-4-10-36(30)44(38)46-40/h1-26,45-46H. The molecule has 8 aromatic carbocycles. The van der Waals surface area contributed by atoms with Gasteiger partial charge >= 0.3 is 0 Å². The fourth-order valence-corrected chi connectivity index (χ4v) is 7.56. The van der Waals surface area contributed by atoms with E-state index in [2.05, 4.69) is 168 Å². The lowest BCUT2D eigenvalue weighted by molar-refractivity contribution is 1.55. The quantitative estimate of drug-likeness (QED) is 0.207. The van der Waals surface area contributed by atoms with E-state index >= 15 is 0 Å². The van der Waals surface area contributed by atoms with Crippen molar-refractivity contribution in [1.82, 2.24) is 9.97 Å². The van der Waals surface area contributed by atoms with Crippen LogP contribution in [0.1, 0.15) is 0 Å². The van der Waals surface area contributed by atoms with Crippen LogP contribution in [0, 0.1) is 0 Å². The highest BCUT2D eigenvalue weighted by molar-refractivity contribution is 6.22. The summed E-state index contributed by atoms with van der Waals surface area (Å²) in [5.74, 6) is 0. The first kappa shape index (κ1) is 25.2. The number of hydrogen-bond donors (Lipinski definition) is 2. The number of hydrogen-bond acceptors (Lipinski definition) is 0. The van der Waals surface area contributed by atoms with Crippen molar-refractivity contribution in [3.05, 3.63) is 158 Å². The Bertz CT molecular complexity index is 2580. The maximum atomic E-state index is 3.71. The lowest BCUT2D eigenvalue weighted by Crippen LogP contribution is -1.84. The van der Waals surface area contributed by atoms with E-state index < -0.39 is 0 Å². The van der Waals surface area contributed by atoms with Gasteiger partial charge in [-0.1, -0.05) is 146 Å². The molecule has 0 saturated carbocycles. The molecule has 0 atom stereocenters. The summed E-state index contributed by atoms with van der Waals surface area (Å²) in [5, 5.41) is 10.1. The van der Waals surface area contributed by atoms with Gasteiger partial charge in [0.05, 0.1) is 11.0 Å². The zero-order valence-corrected chi connectivity index (χ0v) is 25.0. The Hall–Kier alpha value is -6.12. The van der Waals surface area contributed by atoms with Crippen molar-refractivity contribution in [3.63, 3.8) is 0 Å². The molecular weight excluding hydrogens is 556 g/mol. The minimum Gasteiger partial charge on any atom is -0.354 e. The maximum Gasteiger partial charge on any atom is 0.0544 e. The van der Waals surface area contributed by atoms with E-state index in [9.17, 15) is 0 Å². The monoisotopic (exact) mass is 584 g/mol. The van der Waals surface area contributed by atoms with Gasteiger partial charge in [-0.25, -0.2) is 0 Å². The van der Waals surface area contributed by atoms with Gasteiger partial charge in [0.2, 0.25) is 0 Å². The first-order chi connectivity index (χ1) is 22.8. The number of aromatic amines is 2. The van der Waals surface area contributed by atoms with E-state index in [0.29, 0.717) is 0 Å². The molecule has 0 spiro atoms. The molecule has 0 aliphatic carbocycles. The number of nitrogens with one attached hydrogen (secondary N) is 2. The maximum absolute atomic E-state index is 3.71. The normalized spacial score (nSPS) is 11.9. The molecule has 46 heavy (non-hydrogen) atoms. The van der Waals surface area contributed by atoms with Crippen LogP contribution in [0.4, 0.5) is 0 Å². The Kier molecular flexibility index (Phi) is 5.31.